The molecule has 22 heavy (non-hydrogen) atoms. The van der Waals surface area contributed by atoms with Crippen LogP contribution in [0, 0.1) is 6.92 Å². The molecule has 0 fully saturated rings. The summed E-state index contributed by atoms with van der Waals surface area (Å²) >= 11 is 13.3. The Morgan fingerprint density at radius 2 is 2.27 bits per heavy atom. The number of imidazole rings is 1. The number of halogens is 2. The van der Waals surface area contributed by atoms with Crippen molar-refractivity contribution in [3.63, 3.8) is 0 Å². The number of nitrogens with one attached hydrogen (secondary N) is 1. The maximum Gasteiger partial charge on any atom is 0.290 e. The minimum atomic E-state index is -0.329. The van der Waals surface area contributed by atoms with Gasteiger partial charge >= 0.3 is 0 Å². The number of aryl methyl sites for hydroxylation is 1. The van der Waals surface area contributed by atoms with Gasteiger partial charge in [0.2, 0.25) is 0 Å². The quantitative estimate of drug-likeness (QED) is 0.576. The van der Waals surface area contributed by atoms with E-state index in [4.69, 9.17) is 23.2 Å². The molecule has 3 rings (SSSR count). The number of hydrazone groups is 1. The first-order valence-corrected chi connectivity index (χ1v) is 7.90. The molecule has 0 aliphatic heterocycles. The summed E-state index contributed by atoms with van der Waals surface area (Å²) in [6, 6.07) is 5.04. The van der Waals surface area contributed by atoms with Crippen molar-refractivity contribution in [1.82, 2.24) is 14.8 Å². The number of rotatable bonds is 3. The lowest BCUT2D eigenvalue weighted by molar-refractivity contribution is 0.0948. The number of thiazole rings is 1. The second-order valence-electron chi connectivity index (χ2n) is 4.47. The third-order valence-electron chi connectivity index (χ3n) is 2.98. The Morgan fingerprint density at radius 1 is 1.45 bits per heavy atom. The van der Waals surface area contributed by atoms with Gasteiger partial charge in [-0.3, -0.25) is 9.20 Å². The molecule has 0 saturated carbocycles. The zero-order valence-electron chi connectivity index (χ0n) is 11.4. The van der Waals surface area contributed by atoms with Gasteiger partial charge in [0.25, 0.3) is 5.91 Å². The Morgan fingerprint density at radius 3 is 3.05 bits per heavy atom. The molecule has 0 radical (unpaired) electrons. The molecular weight excluding hydrogens is 343 g/mol. The van der Waals surface area contributed by atoms with Gasteiger partial charge in [0.1, 0.15) is 5.69 Å². The number of aromatic nitrogens is 2. The van der Waals surface area contributed by atoms with Gasteiger partial charge in [-0.25, -0.2) is 10.4 Å². The van der Waals surface area contributed by atoms with Crippen molar-refractivity contribution in [2.45, 2.75) is 6.92 Å². The molecular formula is C14H10Cl2N4OS. The van der Waals surface area contributed by atoms with Crippen LogP contribution >= 0.6 is 34.5 Å². The Bertz CT molecular complexity index is 884. The fraction of sp³-hybridized carbons (Fsp3) is 0.0714. The lowest BCUT2D eigenvalue weighted by Crippen LogP contribution is -2.20. The first-order valence-electron chi connectivity index (χ1n) is 6.27. The Balaban J connectivity index is 1.78. The van der Waals surface area contributed by atoms with Crippen LogP contribution in [0.5, 0.6) is 0 Å². The zero-order valence-corrected chi connectivity index (χ0v) is 13.7. The van der Waals surface area contributed by atoms with E-state index < -0.39 is 0 Å². The molecule has 0 aliphatic rings. The van der Waals surface area contributed by atoms with Gasteiger partial charge in [0.05, 0.1) is 16.9 Å². The molecule has 1 aromatic carbocycles. The molecule has 1 amide bonds. The largest absolute Gasteiger partial charge is 0.290 e. The van der Waals surface area contributed by atoms with E-state index in [1.165, 1.54) is 17.6 Å². The molecule has 0 spiro atoms. The van der Waals surface area contributed by atoms with E-state index in [1.807, 2.05) is 5.38 Å². The highest BCUT2D eigenvalue weighted by Gasteiger charge is 2.16. The summed E-state index contributed by atoms with van der Waals surface area (Å²) in [4.78, 5) is 17.3. The van der Waals surface area contributed by atoms with E-state index in [9.17, 15) is 4.79 Å². The van der Waals surface area contributed by atoms with Gasteiger partial charge in [0, 0.05) is 22.2 Å². The zero-order chi connectivity index (χ0) is 15.7. The fourth-order valence-corrected chi connectivity index (χ4v) is 3.20. The van der Waals surface area contributed by atoms with Crippen LogP contribution in [0.4, 0.5) is 0 Å². The SMILES string of the molecule is Cc1nc2sccn2c1C(=O)N/N=C\c1ccc(Cl)cc1Cl. The Hall–Kier alpha value is -1.89. The predicted octanol–water partition coefficient (Wildman–Crippen LogP) is 3.77. The van der Waals surface area contributed by atoms with Crippen LogP contribution in [0.25, 0.3) is 4.96 Å². The summed E-state index contributed by atoms with van der Waals surface area (Å²) in [5.41, 5.74) is 4.27. The molecule has 2 aromatic heterocycles. The monoisotopic (exact) mass is 352 g/mol. The molecule has 0 atom stereocenters. The first-order chi connectivity index (χ1) is 10.6. The summed E-state index contributed by atoms with van der Waals surface area (Å²) in [6.45, 7) is 1.79. The highest BCUT2D eigenvalue weighted by molar-refractivity contribution is 7.15. The number of hydrogen-bond acceptors (Lipinski definition) is 4. The maximum absolute atomic E-state index is 12.2. The van der Waals surface area contributed by atoms with Crippen LogP contribution < -0.4 is 5.43 Å². The van der Waals surface area contributed by atoms with Crippen LogP contribution in [-0.2, 0) is 0 Å². The highest BCUT2D eigenvalue weighted by Crippen LogP contribution is 2.19. The average molecular weight is 353 g/mol. The summed E-state index contributed by atoms with van der Waals surface area (Å²) in [7, 11) is 0. The van der Waals surface area contributed by atoms with Crippen LogP contribution in [0.15, 0.2) is 34.9 Å². The van der Waals surface area contributed by atoms with Crippen molar-refractivity contribution in [2.24, 2.45) is 5.10 Å². The number of benzene rings is 1. The van der Waals surface area contributed by atoms with Gasteiger partial charge in [-0.05, 0) is 19.1 Å². The van der Waals surface area contributed by atoms with E-state index in [0.29, 0.717) is 27.0 Å². The molecule has 3 aromatic rings. The Kier molecular flexibility index (Phi) is 4.15. The van der Waals surface area contributed by atoms with Crippen LogP contribution in [0.2, 0.25) is 10.0 Å². The summed E-state index contributed by atoms with van der Waals surface area (Å²) < 4.78 is 1.74. The van der Waals surface area contributed by atoms with E-state index in [0.717, 1.165) is 4.96 Å². The molecule has 0 bridgehead atoms. The van der Waals surface area contributed by atoms with E-state index in [2.05, 4.69) is 15.5 Å². The van der Waals surface area contributed by atoms with Gasteiger partial charge in [0.15, 0.2) is 4.96 Å². The van der Waals surface area contributed by atoms with Crippen molar-refractivity contribution >= 4 is 51.6 Å². The van der Waals surface area contributed by atoms with Crippen LogP contribution in [0.3, 0.4) is 0 Å². The molecule has 112 valence electrons. The average Bonchev–Trinajstić information content (AvgIpc) is 3.00. The van der Waals surface area contributed by atoms with Crippen LogP contribution in [0.1, 0.15) is 21.7 Å². The second-order valence-corrected chi connectivity index (χ2v) is 6.18. The van der Waals surface area contributed by atoms with Crippen molar-refractivity contribution < 1.29 is 4.79 Å². The highest BCUT2D eigenvalue weighted by atomic mass is 35.5. The van der Waals surface area contributed by atoms with Crippen molar-refractivity contribution in [3.8, 4) is 0 Å². The first kappa shape index (κ1) is 15.0. The number of carbonyl (C=O) groups excluding carboxylic acids is 1. The predicted molar refractivity (Wildman–Crippen MR) is 89.3 cm³/mol. The number of amides is 1. The standard InChI is InChI=1S/C14H10Cl2N4OS/c1-8-12(20-4-5-22-14(20)18-8)13(21)19-17-7-9-2-3-10(15)6-11(9)16/h2-7H,1H3,(H,19,21)/b17-7-. The molecule has 1 N–H and O–H groups in total. The summed E-state index contributed by atoms with van der Waals surface area (Å²) in [5.74, 6) is -0.329. The number of nitrogens with zero attached hydrogens (tertiary/aromatic N) is 3. The minimum Gasteiger partial charge on any atom is -0.286 e. The van der Waals surface area contributed by atoms with E-state index in [-0.39, 0.29) is 5.91 Å². The number of hydrogen-bond donors (Lipinski definition) is 1. The Labute approximate surface area is 140 Å². The fourth-order valence-electron chi connectivity index (χ4n) is 1.99. The smallest absolute Gasteiger partial charge is 0.286 e. The minimum absolute atomic E-state index is 0.329. The van der Waals surface area contributed by atoms with Crippen molar-refractivity contribution in [3.05, 3.63) is 56.8 Å². The second kappa shape index (κ2) is 6.08. The van der Waals surface area contributed by atoms with Gasteiger partial charge < -0.3 is 0 Å². The molecule has 0 saturated heterocycles. The molecule has 2 heterocycles. The normalized spacial score (nSPS) is 11.4. The molecule has 0 unspecified atom stereocenters. The van der Waals surface area contributed by atoms with Crippen molar-refractivity contribution in [2.75, 3.05) is 0 Å². The number of carbonyl (C=O) groups is 1. The topological polar surface area (TPSA) is 58.8 Å². The van der Waals surface area contributed by atoms with Crippen LogP contribution in [-0.4, -0.2) is 21.5 Å². The summed E-state index contributed by atoms with van der Waals surface area (Å²) in [6.07, 6.45) is 3.27. The van der Waals surface area contributed by atoms with E-state index >= 15 is 0 Å². The lowest BCUT2D eigenvalue weighted by atomic mass is 10.2. The van der Waals surface area contributed by atoms with Gasteiger partial charge in [-0.2, -0.15) is 5.10 Å². The van der Waals surface area contributed by atoms with Crippen molar-refractivity contribution in [1.29, 1.82) is 0 Å². The van der Waals surface area contributed by atoms with Gasteiger partial charge in [-0.1, -0.05) is 29.3 Å². The van der Waals surface area contributed by atoms with Gasteiger partial charge in [-0.15, -0.1) is 11.3 Å². The lowest BCUT2D eigenvalue weighted by Gasteiger charge is -2.01. The summed E-state index contributed by atoms with van der Waals surface area (Å²) in [5, 5.41) is 6.81. The van der Waals surface area contributed by atoms with E-state index in [1.54, 1.807) is 35.7 Å². The molecule has 5 nitrogen and oxygen atoms in total. The number of fused-ring (bicyclic) bond motifs is 1. The molecule has 8 heteroatoms. The third-order valence-corrected chi connectivity index (χ3v) is 4.30. The maximum atomic E-state index is 12.2. The molecule has 0 aliphatic carbocycles. The third kappa shape index (κ3) is 2.85.